The quantitative estimate of drug-likeness (QED) is 0.835. The first-order valence-corrected chi connectivity index (χ1v) is 6.97. The van der Waals surface area contributed by atoms with Gasteiger partial charge in [0.25, 0.3) is 5.91 Å². The summed E-state index contributed by atoms with van der Waals surface area (Å²) in [6.45, 7) is 1.86. The summed E-state index contributed by atoms with van der Waals surface area (Å²) in [4.78, 5) is 12.3. The van der Waals surface area contributed by atoms with Gasteiger partial charge in [-0.15, -0.1) is 0 Å². The molecule has 0 spiro atoms. The lowest BCUT2D eigenvalue weighted by atomic mass is 9.95. The minimum absolute atomic E-state index is 0.126. The molecular formula is C15H20N2O. The second-order valence-electron chi connectivity index (χ2n) is 5.32. The Hall–Kier alpha value is -1.35. The average molecular weight is 244 g/mol. The highest BCUT2D eigenvalue weighted by molar-refractivity contribution is 5.96. The molecule has 2 N–H and O–H groups in total. The number of benzene rings is 1. The number of hydrogen-bond donors (Lipinski definition) is 2. The van der Waals surface area contributed by atoms with Crippen molar-refractivity contribution in [1.82, 2.24) is 10.6 Å². The van der Waals surface area contributed by atoms with E-state index in [0.29, 0.717) is 6.04 Å². The van der Waals surface area contributed by atoms with Crippen molar-refractivity contribution < 1.29 is 4.79 Å². The SMILES string of the molecule is O=C(NC1CCCC1)c1cccc2c1CCNC2. The van der Waals surface area contributed by atoms with Crippen molar-refractivity contribution in [2.45, 2.75) is 44.7 Å². The molecule has 0 atom stereocenters. The van der Waals surface area contributed by atoms with Crippen molar-refractivity contribution in [2.75, 3.05) is 6.54 Å². The molecule has 1 aliphatic heterocycles. The number of carbonyl (C=O) groups is 1. The first-order valence-electron chi connectivity index (χ1n) is 6.97. The van der Waals surface area contributed by atoms with E-state index in [1.807, 2.05) is 12.1 Å². The first kappa shape index (κ1) is 11.7. The van der Waals surface area contributed by atoms with Crippen LogP contribution in [0.15, 0.2) is 18.2 Å². The maximum absolute atomic E-state index is 12.3. The summed E-state index contributed by atoms with van der Waals surface area (Å²) in [5, 5.41) is 6.53. The Balaban J connectivity index is 1.80. The van der Waals surface area contributed by atoms with Gasteiger partial charge in [-0.2, -0.15) is 0 Å². The topological polar surface area (TPSA) is 41.1 Å². The van der Waals surface area contributed by atoms with E-state index in [0.717, 1.165) is 37.9 Å². The average Bonchev–Trinajstić information content (AvgIpc) is 2.91. The summed E-state index contributed by atoms with van der Waals surface area (Å²) in [6.07, 6.45) is 5.75. The molecule has 2 aliphatic rings. The Morgan fingerprint density at radius 1 is 1.28 bits per heavy atom. The molecule has 1 fully saturated rings. The van der Waals surface area contributed by atoms with Gasteiger partial charge in [-0.1, -0.05) is 25.0 Å². The van der Waals surface area contributed by atoms with Crippen LogP contribution in [0, 0.1) is 0 Å². The summed E-state index contributed by atoms with van der Waals surface area (Å²) in [5.74, 6) is 0.126. The lowest BCUT2D eigenvalue weighted by molar-refractivity contribution is 0.0936. The molecule has 0 aromatic heterocycles. The van der Waals surface area contributed by atoms with Gasteiger partial charge in [0, 0.05) is 18.2 Å². The Labute approximate surface area is 108 Å². The van der Waals surface area contributed by atoms with Crippen LogP contribution in [-0.2, 0) is 13.0 Å². The van der Waals surface area contributed by atoms with Gasteiger partial charge in [0.05, 0.1) is 0 Å². The minimum atomic E-state index is 0.126. The van der Waals surface area contributed by atoms with E-state index < -0.39 is 0 Å². The van der Waals surface area contributed by atoms with Crippen molar-refractivity contribution in [3.05, 3.63) is 34.9 Å². The molecule has 0 unspecified atom stereocenters. The summed E-state index contributed by atoms with van der Waals surface area (Å²) in [6, 6.07) is 6.48. The van der Waals surface area contributed by atoms with Crippen molar-refractivity contribution >= 4 is 5.91 Å². The van der Waals surface area contributed by atoms with E-state index in [1.165, 1.54) is 24.0 Å². The van der Waals surface area contributed by atoms with E-state index in [2.05, 4.69) is 16.7 Å². The smallest absolute Gasteiger partial charge is 0.251 e. The summed E-state index contributed by atoms with van der Waals surface area (Å²) < 4.78 is 0. The van der Waals surface area contributed by atoms with Crippen LogP contribution in [0.3, 0.4) is 0 Å². The summed E-state index contributed by atoms with van der Waals surface area (Å²) >= 11 is 0. The Morgan fingerprint density at radius 3 is 2.94 bits per heavy atom. The molecule has 1 heterocycles. The minimum Gasteiger partial charge on any atom is -0.349 e. The first-order chi connectivity index (χ1) is 8.84. The number of fused-ring (bicyclic) bond motifs is 1. The van der Waals surface area contributed by atoms with Crippen LogP contribution < -0.4 is 10.6 Å². The third-order valence-corrected chi connectivity index (χ3v) is 4.08. The molecule has 1 aromatic carbocycles. The standard InChI is InChI=1S/C15H20N2O/c18-15(17-12-5-1-2-6-12)14-7-3-4-11-10-16-9-8-13(11)14/h3-4,7,12,16H,1-2,5-6,8-10H2,(H,17,18). The maximum atomic E-state index is 12.3. The van der Waals surface area contributed by atoms with Gasteiger partial charge < -0.3 is 10.6 Å². The zero-order valence-electron chi connectivity index (χ0n) is 10.7. The zero-order valence-corrected chi connectivity index (χ0v) is 10.7. The lowest BCUT2D eigenvalue weighted by Gasteiger charge is -2.21. The summed E-state index contributed by atoms with van der Waals surface area (Å²) in [7, 11) is 0. The van der Waals surface area contributed by atoms with Crippen molar-refractivity contribution in [3.63, 3.8) is 0 Å². The number of amides is 1. The van der Waals surface area contributed by atoms with Gasteiger partial charge in [-0.3, -0.25) is 4.79 Å². The van der Waals surface area contributed by atoms with Crippen LogP contribution >= 0.6 is 0 Å². The van der Waals surface area contributed by atoms with Crippen molar-refractivity contribution in [2.24, 2.45) is 0 Å². The van der Waals surface area contributed by atoms with Gasteiger partial charge in [-0.05, 0) is 43.0 Å². The normalized spacial score (nSPS) is 19.6. The third-order valence-electron chi connectivity index (χ3n) is 4.08. The highest BCUT2D eigenvalue weighted by Gasteiger charge is 2.21. The highest BCUT2D eigenvalue weighted by atomic mass is 16.1. The van der Waals surface area contributed by atoms with Gasteiger partial charge in [-0.25, -0.2) is 0 Å². The fraction of sp³-hybridized carbons (Fsp3) is 0.533. The van der Waals surface area contributed by atoms with E-state index in [4.69, 9.17) is 0 Å². The Kier molecular flexibility index (Phi) is 3.33. The number of carbonyl (C=O) groups excluding carboxylic acids is 1. The molecular weight excluding hydrogens is 224 g/mol. The van der Waals surface area contributed by atoms with Gasteiger partial charge in [0.2, 0.25) is 0 Å². The maximum Gasteiger partial charge on any atom is 0.251 e. The number of rotatable bonds is 2. The van der Waals surface area contributed by atoms with Crippen LogP contribution in [0.4, 0.5) is 0 Å². The van der Waals surface area contributed by atoms with Crippen LogP contribution in [0.1, 0.15) is 47.2 Å². The molecule has 18 heavy (non-hydrogen) atoms. The van der Waals surface area contributed by atoms with Crippen LogP contribution in [0.2, 0.25) is 0 Å². The molecule has 1 saturated carbocycles. The predicted octanol–water partition coefficient (Wildman–Crippen LogP) is 2.00. The molecule has 3 heteroatoms. The van der Waals surface area contributed by atoms with Crippen LogP contribution in [0.25, 0.3) is 0 Å². The van der Waals surface area contributed by atoms with E-state index in [9.17, 15) is 4.79 Å². The molecule has 3 rings (SSSR count). The third kappa shape index (κ3) is 2.27. The van der Waals surface area contributed by atoms with E-state index in [-0.39, 0.29) is 5.91 Å². The molecule has 96 valence electrons. The molecule has 0 radical (unpaired) electrons. The molecule has 0 bridgehead atoms. The Morgan fingerprint density at radius 2 is 2.11 bits per heavy atom. The number of nitrogens with one attached hydrogen (secondary N) is 2. The fourth-order valence-corrected chi connectivity index (χ4v) is 3.08. The molecule has 1 aliphatic carbocycles. The largest absolute Gasteiger partial charge is 0.349 e. The van der Waals surface area contributed by atoms with Crippen molar-refractivity contribution in [3.8, 4) is 0 Å². The number of hydrogen-bond acceptors (Lipinski definition) is 2. The Bertz CT molecular complexity index is 450. The lowest BCUT2D eigenvalue weighted by Crippen LogP contribution is -2.34. The molecule has 1 aromatic rings. The zero-order chi connectivity index (χ0) is 12.4. The van der Waals surface area contributed by atoms with Crippen molar-refractivity contribution in [1.29, 1.82) is 0 Å². The summed E-state index contributed by atoms with van der Waals surface area (Å²) in [5.41, 5.74) is 3.41. The predicted molar refractivity (Wildman–Crippen MR) is 71.6 cm³/mol. The molecule has 0 saturated heterocycles. The van der Waals surface area contributed by atoms with E-state index >= 15 is 0 Å². The van der Waals surface area contributed by atoms with Crippen LogP contribution in [0.5, 0.6) is 0 Å². The molecule has 1 amide bonds. The second kappa shape index (κ2) is 5.11. The second-order valence-corrected chi connectivity index (χ2v) is 5.32. The van der Waals surface area contributed by atoms with Gasteiger partial charge in [0.1, 0.15) is 0 Å². The van der Waals surface area contributed by atoms with Gasteiger partial charge >= 0.3 is 0 Å². The fourth-order valence-electron chi connectivity index (χ4n) is 3.08. The van der Waals surface area contributed by atoms with Crippen LogP contribution in [-0.4, -0.2) is 18.5 Å². The monoisotopic (exact) mass is 244 g/mol. The highest BCUT2D eigenvalue weighted by Crippen LogP contribution is 2.21. The molecule has 3 nitrogen and oxygen atoms in total. The van der Waals surface area contributed by atoms with Gasteiger partial charge in [0.15, 0.2) is 0 Å². The van der Waals surface area contributed by atoms with E-state index in [1.54, 1.807) is 0 Å².